The molecule has 1 aliphatic heterocycles. The second kappa shape index (κ2) is 13.6. The van der Waals surface area contributed by atoms with Gasteiger partial charge in [-0.05, 0) is 42.5 Å². The number of halogens is 4. The monoisotopic (exact) mass is 610 g/mol. The van der Waals surface area contributed by atoms with E-state index in [1.807, 2.05) is 0 Å². The number of benzene rings is 2. The molecule has 15 heteroatoms. The van der Waals surface area contributed by atoms with Crippen LogP contribution in [0.1, 0.15) is 10.4 Å². The molecule has 0 saturated carbocycles. The van der Waals surface area contributed by atoms with E-state index in [1.54, 1.807) is 37.4 Å². The van der Waals surface area contributed by atoms with Crippen molar-refractivity contribution >= 4 is 49.2 Å². The van der Waals surface area contributed by atoms with Crippen LogP contribution in [0.2, 0.25) is 0 Å². The van der Waals surface area contributed by atoms with Crippen molar-refractivity contribution in [3.05, 3.63) is 52.5 Å². The summed E-state index contributed by atoms with van der Waals surface area (Å²) in [5, 5.41) is 13.2. The predicted molar refractivity (Wildman–Crippen MR) is 134 cm³/mol. The van der Waals surface area contributed by atoms with Crippen molar-refractivity contribution in [1.29, 1.82) is 0 Å². The van der Waals surface area contributed by atoms with Crippen LogP contribution in [0.3, 0.4) is 0 Å². The number of carbonyl (C=O) groups excluding carboxylic acids is 1. The number of methoxy groups -OCH3 is 1. The Morgan fingerprint density at radius 1 is 1.14 bits per heavy atom. The zero-order valence-corrected chi connectivity index (χ0v) is 22.0. The Balaban J connectivity index is 0.000000604. The van der Waals surface area contributed by atoms with Crippen LogP contribution in [0.5, 0.6) is 0 Å². The number of hydrogen-bond acceptors (Lipinski definition) is 7. The van der Waals surface area contributed by atoms with E-state index in [4.69, 9.17) is 14.6 Å². The van der Waals surface area contributed by atoms with Gasteiger partial charge in [0.05, 0.1) is 22.9 Å². The Bertz CT molecular complexity index is 1170. The molecule has 1 saturated heterocycles. The predicted octanol–water partition coefficient (Wildman–Crippen LogP) is 2.67. The summed E-state index contributed by atoms with van der Waals surface area (Å²) in [7, 11) is -2.26. The number of piperazine rings is 1. The van der Waals surface area contributed by atoms with Crippen molar-refractivity contribution in [2.75, 3.05) is 56.1 Å². The minimum atomic E-state index is -5.08. The first kappa shape index (κ1) is 30.3. The molecule has 1 fully saturated rings. The van der Waals surface area contributed by atoms with Crippen LogP contribution in [0.4, 0.5) is 24.5 Å². The number of ether oxygens (including phenoxy) is 1. The van der Waals surface area contributed by atoms with Crippen LogP contribution in [0, 0.1) is 0 Å². The van der Waals surface area contributed by atoms with E-state index >= 15 is 0 Å². The molecule has 1 heterocycles. The van der Waals surface area contributed by atoms with E-state index in [0.29, 0.717) is 24.4 Å². The summed E-state index contributed by atoms with van der Waals surface area (Å²) in [4.78, 5) is 23.6. The van der Waals surface area contributed by atoms with E-state index in [0.717, 1.165) is 36.3 Å². The third-order valence-electron chi connectivity index (χ3n) is 4.92. The van der Waals surface area contributed by atoms with Gasteiger partial charge in [-0.3, -0.25) is 9.52 Å². The van der Waals surface area contributed by atoms with Gasteiger partial charge in [0, 0.05) is 49.9 Å². The molecule has 2 aromatic rings. The van der Waals surface area contributed by atoms with Crippen LogP contribution in [-0.4, -0.2) is 78.0 Å². The van der Waals surface area contributed by atoms with Gasteiger partial charge in [-0.25, -0.2) is 13.2 Å². The minimum Gasteiger partial charge on any atom is -0.475 e. The molecular weight excluding hydrogens is 585 g/mol. The molecule has 204 valence electrons. The first-order valence-electron chi connectivity index (χ1n) is 10.8. The van der Waals surface area contributed by atoms with Crippen LogP contribution in [0.25, 0.3) is 0 Å². The Morgan fingerprint density at radius 3 is 2.27 bits per heavy atom. The number of sulfonamides is 1. The Hall–Kier alpha value is -2.88. The summed E-state index contributed by atoms with van der Waals surface area (Å²) in [5.41, 5.74) is 1.49. The van der Waals surface area contributed by atoms with Crippen molar-refractivity contribution in [2.45, 2.75) is 11.1 Å². The van der Waals surface area contributed by atoms with Crippen molar-refractivity contribution < 1.29 is 41.0 Å². The molecule has 0 aromatic heterocycles. The molecule has 0 atom stereocenters. The molecule has 2 aromatic carbocycles. The molecule has 1 aliphatic rings. The number of aliphatic carboxylic acids is 1. The summed E-state index contributed by atoms with van der Waals surface area (Å²) in [6.45, 7) is 3.86. The van der Waals surface area contributed by atoms with Crippen LogP contribution < -0.4 is 20.3 Å². The zero-order chi connectivity index (χ0) is 27.6. The van der Waals surface area contributed by atoms with E-state index in [9.17, 15) is 26.4 Å². The zero-order valence-electron chi connectivity index (χ0n) is 19.6. The fourth-order valence-corrected chi connectivity index (χ4v) is 4.46. The number of nitrogens with one attached hydrogen (secondary N) is 3. The molecular formula is C22H26BrF3N4O6S. The topological polar surface area (TPSA) is 137 Å². The number of alkyl halides is 3. The van der Waals surface area contributed by atoms with Crippen molar-refractivity contribution in [3.8, 4) is 0 Å². The Kier molecular flexibility index (Phi) is 11.2. The van der Waals surface area contributed by atoms with Gasteiger partial charge in [-0.1, -0.05) is 15.9 Å². The molecule has 0 spiro atoms. The Morgan fingerprint density at radius 2 is 1.73 bits per heavy atom. The van der Waals surface area contributed by atoms with Crippen LogP contribution >= 0.6 is 15.9 Å². The highest BCUT2D eigenvalue weighted by Crippen LogP contribution is 2.30. The van der Waals surface area contributed by atoms with Gasteiger partial charge < -0.3 is 25.4 Å². The third-order valence-corrected chi connectivity index (χ3v) is 6.83. The molecule has 0 aliphatic carbocycles. The van der Waals surface area contributed by atoms with Crippen molar-refractivity contribution in [1.82, 2.24) is 10.6 Å². The fourth-order valence-electron chi connectivity index (χ4n) is 3.13. The second-order valence-corrected chi connectivity index (χ2v) is 10.2. The molecule has 3 rings (SSSR count). The molecule has 0 radical (unpaired) electrons. The number of amides is 1. The maximum Gasteiger partial charge on any atom is 0.490 e. The van der Waals surface area contributed by atoms with E-state index in [-0.39, 0.29) is 10.8 Å². The van der Waals surface area contributed by atoms with Gasteiger partial charge in [0.1, 0.15) is 0 Å². The number of rotatable bonds is 8. The fraction of sp³-hybridized carbons (Fsp3) is 0.364. The smallest absolute Gasteiger partial charge is 0.475 e. The SMILES string of the molecule is COCCNC(=O)c1ccc(N2CCNCC2)c(NS(=O)(=O)c2ccc(Br)cc2)c1.O=C(O)C(F)(F)F. The number of anilines is 2. The average molecular weight is 611 g/mol. The lowest BCUT2D eigenvalue weighted by Crippen LogP contribution is -2.43. The molecule has 37 heavy (non-hydrogen) atoms. The van der Waals surface area contributed by atoms with Crippen molar-refractivity contribution in [2.24, 2.45) is 0 Å². The average Bonchev–Trinajstić information content (AvgIpc) is 2.84. The quantitative estimate of drug-likeness (QED) is 0.335. The normalized spacial score (nSPS) is 13.8. The number of nitrogens with zero attached hydrogens (tertiary/aromatic N) is 1. The summed E-state index contributed by atoms with van der Waals surface area (Å²) < 4.78 is 66.1. The molecule has 0 unspecified atom stereocenters. The van der Waals surface area contributed by atoms with E-state index < -0.39 is 22.2 Å². The summed E-state index contributed by atoms with van der Waals surface area (Å²) >= 11 is 3.31. The molecule has 1 amide bonds. The number of carboxylic acids is 1. The van der Waals surface area contributed by atoms with Crippen LogP contribution in [0.15, 0.2) is 51.8 Å². The first-order valence-corrected chi connectivity index (χ1v) is 13.1. The largest absolute Gasteiger partial charge is 0.490 e. The Labute approximate surface area is 220 Å². The minimum absolute atomic E-state index is 0.145. The highest BCUT2D eigenvalue weighted by atomic mass is 79.9. The molecule has 10 nitrogen and oxygen atoms in total. The summed E-state index contributed by atoms with van der Waals surface area (Å²) in [6.07, 6.45) is -5.08. The van der Waals surface area contributed by atoms with Gasteiger partial charge in [-0.2, -0.15) is 13.2 Å². The van der Waals surface area contributed by atoms with Crippen LogP contribution in [-0.2, 0) is 19.6 Å². The van der Waals surface area contributed by atoms with E-state index in [1.165, 1.54) is 12.1 Å². The number of carboxylic acid groups (broad SMARTS) is 1. The van der Waals surface area contributed by atoms with Gasteiger partial charge >= 0.3 is 12.1 Å². The maximum atomic E-state index is 13.0. The van der Waals surface area contributed by atoms with Gasteiger partial charge in [-0.15, -0.1) is 0 Å². The standard InChI is InChI=1S/C20H25BrN4O4S.C2HF3O2/c1-29-13-10-23-20(26)15-2-7-19(25-11-8-22-9-12-25)18(14-15)24-30(27,28)17-5-3-16(21)4-6-17;3-2(4,5)1(6)7/h2-7,14,22,24H,8-13H2,1H3,(H,23,26);(H,6,7). The van der Waals surface area contributed by atoms with Gasteiger partial charge in [0.25, 0.3) is 15.9 Å². The number of carbonyl (C=O) groups is 2. The summed E-state index contributed by atoms with van der Waals surface area (Å²) in [5.74, 6) is -3.05. The highest BCUT2D eigenvalue weighted by Gasteiger charge is 2.38. The molecule has 0 bridgehead atoms. The van der Waals surface area contributed by atoms with Gasteiger partial charge in [0.15, 0.2) is 0 Å². The lowest BCUT2D eigenvalue weighted by Gasteiger charge is -2.31. The maximum absolute atomic E-state index is 13.0. The van der Waals surface area contributed by atoms with Gasteiger partial charge in [0.2, 0.25) is 0 Å². The van der Waals surface area contributed by atoms with Crippen molar-refractivity contribution in [3.63, 3.8) is 0 Å². The highest BCUT2D eigenvalue weighted by molar-refractivity contribution is 9.10. The molecule has 4 N–H and O–H groups in total. The van der Waals surface area contributed by atoms with E-state index in [2.05, 4.69) is 36.2 Å². The lowest BCUT2D eigenvalue weighted by molar-refractivity contribution is -0.192. The lowest BCUT2D eigenvalue weighted by atomic mass is 10.1. The number of hydrogen-bond donors (Lipinski definition) is 4. The first-order chi connectivity index (χ1) is 17.3. The summed E-state index contributed by atoms with van der Waals surface area (Å²) in [6, 6.07) is 11.5. The third kappa shape index (κ3) is 9.50. The second-order valence-electron chi connectivity index (χ2n) is 7.58.